The standard InChI is InChI=1S/C25H29NO7/c1-4-13-32-19-10-8-18(9-11-19)14-17(3)23(28)22-20(27)15-21(33-24(22)29)16(2)7-5-6-12-26-25(30)31/h6,8-12,14-16,26-27H,4-5,7,13H2,1-3H3,(H,30,31)/b12-6?,17-14+. The Morgan fingerprint density at radius 2 is 1.94 bits per heavy atom. The van der Waals surface area contributed by atoms with Gasteiger partial charge in [-0.2, -0.15) is 0 Å². The molecule has 0 radical (unpaired) electrons. The topological polar surface area (TPSA) is 126 Å². The molecule has 0 aliphatic rings. The maximum Gasteiger partial charge on any atom is 0.408 e. The molecule has 1 aromatic carbocycles. The highest BCUT2D eigenvalue weighted by molar-refractivity contribution is 6.12. The molecule has 0 aliphatic heterocycles. The molecule has 0 fully saturated rings. The van der Waals surface area contributed by atoms with Crippen LogP contribution in [0.2, 0.25) is 0 Å². The number of hydrogen-bond acceptors (Lipinski definition) is 6. The van der Waals surface area contributed by atoms with Gasteiger partial charge in [-0.1, -0.05) is 32.1 Å². The first-order chi connectivity index (χ1) is 15.7. The molecule has 2 aromatic rings. The Hall–Kier alpha value is -3.81. The summed E-state index contributed by atoms with van der Waals surface area (Å²) < 4.78 is 10.8. The van der Waals surface area contributed by atoms with Crippen LogP contribution in [0, 0.1) is 0 Å². The molecule has 3 N–H and O–H groups in total. The van der Waals surface area contributed by atoms with Gasteiger partial charge in [0.05, 0.1) is 6.61 Å². The van der Waals surface area contributed by atoms with Crippen LogP contribution in [0.25, 0.3) is 6.08 Å². The average Bonchev–Trinajstić information content (AvgIpc) is 2.77. The number of nitrogens with one attached hydrogen (secondary N) is 1. The Balaban J connectivity index is 2.12. The Labute approximate surface area is 192 Å². The van der Waals surface area contributed by atoms with Gasteiger partial charge < -0.3 is 19.4 Å². The Kier molecular flexibility index (Phi) is 9.47. The average molecular weight is 456 g/mol. The van der Waals surface area contributed by atoms with E-state index < -0.39 is 28.8 Å². The van der Waals surface area contributed by atoms with Crippen LogP contribution in [0.15, 0.2) is 57.4 Å². The first kappa shape index (κ1) is 25.5. The molecule has 1 amide bonds. The van der Waals surface area contributed by atoms with E-state index in [1.807, 2.05) is 6.92 Å². The summed E-state index contributed by atoms with van der Waals surface area (Å²) in [5.74, 6) is -0.299. The van der Waals surface area contributed by atoms with Gasteiger partial charge in [-0.05, 0) is 55.5 Å². The van der Waals surface area contributed by atoms with Gasteiger partial charge >= 0.3 is 11.7 Å². The van der Waals surface area contributed by atoms with Gasteiger partial charge in [0.2, 0.25) is 0 Å². The van der Waals surface area contributed by atoms with Crippen molar-refractivity contribution < 1.29 is 29.0 Å². The Bertz CT molecular complexity index is 1080. The minimum atomic E-state index is -1.15. The molecule has 176 valence electrons. The third-order valence-corrected chi connectivity index (χ3v) is 4.85. The highest BCUT2D eigenvalue weighted by Crippen LogP contribution is 2.26. The lowest BCUT2D eigenvalue weighted by Gasteiger charge is -2.11. The largest absolute Gasteiger partial charge is 0.507 e. The number of ether oxygens (including phenoxy) is 1. The fourth-order valence-electron chi connectivity index (χ4n) is 3.05. The minimum absolute atomic E-state index is 0.229. The van der Waals surface area contributed by atoms with E-state index in [4.69, 9.17) is 14.3 Å². The second-order valence-corrected chi connectivity index (χ2v) is 7.60. The van der Waals surface area contributed by atoms with E-state index in [0.29, 0.717) is 19.4 Å². The molecule has 8 nitrogen and oxygen atoms in total. The predicted octanol–water partition coefficient (Wildman–Crippen LogP) is 5.09. The maximum absolute atomic E-state index is 12.8. The summed E-state index contributed by atoms with van der Waals surface area (Å²) >= 11 is 0. The van der Waals surface area contributed by atoms with Gasteiger partial charge in [-0.25, -0.2) is 9.59 Å². The third-order valence-electron chi connectivity index (χ3n) is 4.85. The molecule has 33 heavy (non-hydrogen) atoms. The lowest BCUT2D eigenvalue weighted by Crippen LogP contribution is -2.16. The van der Waals surface area contributed by atoms with Crippen LogP contribution in [0.3, 0.4) is 0 Å². The van der Waals surface area contributed by atoms with E-state index in [-0.39, 0.29) is 17.3 Å². The van der Waals surface area contributed by atoms with Crippen LogP contribution in [-0.2, 0) is 0 Å². The smallest absolute Gasteiger partial charge is 0.408 e. The summed E-state index contributed by atoms with van der Waals surface area (Å²) in [6.07, 6.45) is 5.39. The number of aromatic hydroxyl groups is 1. The number of ketones is 1. The zero-order chi connectivity index (χ0) is 24.4. The normalized spacial score (nSPS) is 12.5. The molecule has 0 bridgehead atoms. The lowest BCUT2D eigenvalue weighted by atomic mass is 9.99. The van der Waals surface area contributed by atoms with Gasteiger partial charge in [0.1, 0.15) is 22.8 Å². The molecule has 8 heteroatoms. The molecule has 1 aromatic heterocycles. The lowest BCUT2D eigenvalue weighted by molar-refractivity contribution is 0.102. The first-order valence-corrected chi connectivity index (χ1v) is 10.7. The van der Waals surface area contributed by atoms with Crippen molar-refractivity contribution in [3.8, 4) is 11.5 Å². The van der Waals surface area contributed by atoms with E-state index in [9.17, 15) is 19.5 Å². The molecule has 1 unspecified atom stereocenters. The highest BCUT2D eigenvalue weighted by Gasteiger charge is 2.22. The number of carbonyl (C=O) groups excluding carboxylic acids is 1. The van der Waals surface area contributed by atoms with Crippen molar-refractivity contribution in [2.24, 2.45) is 0 Å². The van der Waals surface area contributed by atoms with Crippen molar-refractivity contribution in [2.75, 3.05) is 6.61 Å². The summed E-state index contributed by atoms with van der Waals surface area (Å²) in [6.45, 7) is 6.01. The second kappa shape index (κ2) is 12.3. The molecular formula is C25H29NO7. The fraction of sp³-hybridized carbons (Fsp3) is 0.320. The quantitative estimate of drug-likeness (QED) is 0.318. The molecule has 2 rings (SSSR count). The highest BCUT2D eigenvalue weighted by atomic mass is 16.5. The van der Waals surface area contributed by atoms with E-state index in [0.717, 1.165) is 17.7 Å². The van der Waals surface area contributed by atoms with Gasteiger partial charge in [-0.15, -0.1) is 0 Å². The van der Waals surface area contributed by atoms with Crippen LogP contribution in [0.4, 0.5) is 4.79 Å². The van der Waals surface area contributed by atoms with Gasteiger partial charge in [0.15, 0.2) is 5.78 Å². The van der Waals surface area contributed by atoms with E-state index >= 15 is 0 Å². The third kappa shape index (κ3) is 7.68. The van der Waals surface area contributed by atoms with Crippen LogP contribution in [-0.4, -0.2) is 28.7 Å². The first-order valence-electron chi connectivity index (χ1n) is 10.7. The molecular weight excluding hydrogens is 426 g/mol. The number of carboxylic acid groups (broad SMARTS) is 1. The molecule has 1 atom stereocenters. The molecule has 0 saturated heterocycles. The summed E-state index contributed by atoms with van der Waals surface area (Å²) in [5, 5.41) is 21.0. The van der Waals surface area contributed by atoms with Crippen molar-refractivity contribution in [3.63, 3.8) is 0 Å². The summed E-state index contributed by atoms with van der Waals surface area (Å²) in [7, 11) is 0. The number of benzene rings is 1. The van der Waals surface area contributed by atoms with E-state index in [1.54, 1.807) is 50.3 Å². The number of hydrogen-bond donors (Lipinski definition) is 3. The SMILES string of the molecule is CCCOc1ccc(/C=C(\C)C(=O)c2c(O)cc(C(C)CCC=CNC(=O)O)oc2=O)cc1. The van der Waals surface area contributed by atoms with Crippen molar-refractivity contribution in [2.45, 2.75) is 46.0 Å². The Morgan fingerprint density at radius 3 is 2.55 bits per heavy atom. The van der Waals surface area contributed by atoms with Crippen molar-refractivity contribution >= 4 is 18.0 Å². The summed E-state index contributed by atoms with van der Waals surface area (Å²) in [4.78, 5) is 35.7. The molecule has 1 heterocycles. The van der Waals surface area contributed by atoms with Crippen molar-refractivity contribution in [1.82, 2.24) is 5.32 Å². The zero-order valence-electron chi connectivity index (χ0n) is 19.0. The predicted molar refractivity (Wildman–Crippen MR) is 125 cm³/mol. The minimum Gasteiger partial charge on any atom is -0.507 e. The number of amides is 1. The van der Waals surface area contributed by atoms with E-state index in [1.165, 1.54) is 12.3 Å². The van der Waals surface area contributed by atoms with Crippen LogP contribution in [0.5, 0.6) is 11.5 Å². The van der Waals surface area contributed by atoms with Gasteiger partial charge in [0.25, 0.3) is 0 Å². The van der Waals surface area contributed by atoms with Crippen molar-refractivity contribution in [3.05, 3.63) is 75.5 Å². The van der Waals surface area contributed by atoms with Gasteiger partial charge in [0, 0.05) is 18.2 Å². The van der Waals surface area contributed by atoms with Crippen molar-refractivity contribution in [1.29, 1.82) is 0 Å². The summed E-state index contributed by atoms with van der Waals surface area (Å²) in [6, 6.07) is 8.48. The molecule has 0 saturated carbocycles. The second-order valence-electron chi connectivity index (χ2n) is 7.60. The van der Waals surface area contributed by atoms with Crippen LogP contribution >= 0.6 is 0 Å². The number of rotatable bonds is 11. The monoisotopic (exact) mass is 455 g/mol. The fourth-order valence-corrected chi connectivity index (χ4v) is 3.05. The number of Topliss-reactive ketones (excluding diaryl/α,β-unsaturated/α-hetero) is 1. The summed E-state index contributed by atoms with van der Waals surface area (Å²) in [5.41, 5.74) is -0.282. The zero-order valence-corrected chi connectivity index (χ0v) is 19.0. The van der Waals surface area contributed by atoms with Crippen LogP contribution < -0.4 is 15.7 Å². The Morgan fingerprint density at radius 1 is 1.24 bits per heavy atom. The van der Waals surface area contributed by atoms with Gasteiger partial charge in [-0.3, -0.25) is 10.1 Å². The van der Waals surface area contributed by atoms with E-state index in [2.05, 4.69) is 5.32 Å². The number of allylic oxidation sites excluding steroid dienone is 2. The molecule has 0 aliphatic carbocycles. The molecule has 0 spiro atoms. The maximum atomic E-state index is 12.8. The van der Waals surface area contributed by atoms with Crippen LogP contribution in [0.1, 0.15) is 67.6 Å². The number of carbonyl (C=O) groups is 2.